The first kappa shape index (κ1) is 17.6. The lowest BCUT2D eigenvalue weighted by atomic mass is 10.1. The van der Waals surface area contributed by atoms with Crippen LogP contribution in [0.15, 0.2) is 46.9 Å². The highest BCUT2D eigenvalue weighted by molar-refractivity contribution is 9.10. The van der Waals surface area contributed by atoms with Crippen LogP contribution in [0.4, 0.5) is 5.69 Å². The van der Waals surface area contributed by atoms with E-state index in [9.17, 15) is 9.59 Å². The normalized spacial score (nSPS) is 14.2. The number of hydrogen-bond acceptors (Lipinski definition) is 3. The Morgan fingerprint density at radius 2 is 1.68 bits per heavy atom. The van der Waals surface area contributed by atoms with Gasteiger partial charge in [0.25, 0.3) is 11.8 Å². The molecule has 130 valence electrons. The molecule has 1 heterocycles. The molecule has 1 saturated heterocycles. The lowest BCUT2D eigenvalue weighted by Crippen LogP contribution is -2.40. The van der Waals surface area contributed by atoms with E-state index in [4.69, 9.17) is 4.74 Å². The molecule has 0 aromatic heterocycles. The van der Waals surface area contributed by atoms with Gasteiger partial charge < -0.3 is 15.0 Å². The summed E-state index contributed by atoms with van der Waals surface area (Å²) in [6.07, 6.45) is 0. The molecule has 1 N–H and O–H groups in total. The van der Waals surface area contributed by atoms with Crippen LogP contribution in [-0.4, -0.2) is 43.0 Å². The van der Waals surface area contributed by atoms with Crippen LogP contribution in [0.25, 0.3) is 0 Å². The number of nitrogens with one attached hydrogen (secondary N) is 1. The van der Waals surface area contributed by atoms with Gasteiger partial charge in [-0.1, -0.05) is 22.0 Å². The maximum atomic E-state index is 12.4. The van der Waals surface area contributed by atoms with Crippen molar-refractivity contribution in [3.05, 3.63) is 63.6 Å². The molecule has 0 spiro atoms. The van der Waals surface area contributed by atoms with Gasteiger partial charge in [0.15, 0.2) is 0 Å². The Kier molecular flexibility index (Phi) is 5.50. The second kappa shape index (κ2) is 7.80. The van der Waals surface area contributed by atoms with Crippen molar-refractivity contribution in [2.75, 3.05) is 31.6 Å². The summed E-state index contributed by atoms with van der Waals surface area (Å²) in [7, 11) is 0. The van der Waals surface area contributed by atoms with Crippen LogP contribution in [0.3, 0.4) is 0 Å². The summed E-state index contributed by atoms with van der Waals surface area (Å²) < 4.78 is 6.16. The standard InChI is InChI=1S/C19H19BrN2O3/c1-13-2-3-15(12-17(13)20)18(23)21-16-6-4-14(5-7-16)19(24)22-8-10-25-11-9-22/h2-7,12H,8-11H2,1H3,(H,21,23). The molecule has 2 aromatic carbocycles. The smallest absolute Gasteiger partial charge is 0.255 e. The van der Waals surface area contributed by atoms with E-state index < -0.39 is 0 Å². The van der Waals surface area contributed by atoms with E-state index in [1.165, 1.54) is 0 Å². The van der Waals surface area contributed by atoms with Crippen LogP contribution in [-0.2, 0) is 4.74 Å². The first-order valence-electron chi connectivity index (χ1n) is 8.09. The number of aryl methyl sites for hydroxylation is 1. The number of carbonyl (C=O) groups is 2. The van der Waals surface area contributed by atoms with Crippen LogP contribution in [0, 0.1) is 6.92 Å². The fourth-order valence-corrected chi connectivity index (χ4v) is 2.96. The highest BCUT2D eigenvalue weighted by Crippen LogP contribution is 2.19. The molecule has 25 heavy (non-hydrogen) atoms. The van der Waals surface area contributed by atoms with Gasteiger partial charge in [-0.3, -0.25) is 9.59 Å². The molecule has 2 amide bonds. The van der Waals surface area contributed by atoms with Gasteiger partial charge in [0.05, 0.1) is 13.2 Å². The lowest BCUT2D eigenvalue weighted by Gasteiger charge is -2.26. The average Bonchev–Trinajstić information content (AvgIpc) is 2.64. The van der Waals surface area contributed by atoms with E-state index in [2.05, 4.69) is 21.2 Å². The van der Waals surface area contributed by atoms with E-state index >= 15 is 0 Å². The maximum absolute atomic E-state index is 12.4. The molecule has 0 unspecified atom stereocenters. The average molecular weight is 403 g/mol. The first-order valence-corrected chi connectivity index (χ1v) is 8.88. The number of nitrogens with zero attached hydrogens (tertiary/aromatic N) is 1. The van der Waals surface area contributed by atoms with Crippen molar-refractivity contribution in [2.45, 2.75) is 6.92 Å². The molecule has 0 atom stereocenters. The van der Waals surface area contributed by atoms with Crippen LogP contribution in [0.2, 0.25) is 0 Å². The molecular weight excluding hydrogens is 384 g/mol. The van der Waals surface area contributed by atoms with Gasteiger partial charge in [-0.2, -0.15) is 0 Å². The molecule has 5 nitrogen and oxygen atoms in total. The van der Waals surface area contributed by atoms with Gasteiger partial charge in [-0.25, -0.2) is 0 Å². The van der Waals surface area contributed by atoms with E-state index in [0.29, 0.717) is 43.1 Å². The van der Waals surface area contributed by atoms with Crippen molar-refractivity contribution >= 4 is 33.4 Å². The van der Waals surface area contributed by atoms with E-state index in [1.807, 2.05) is 13.0 Å². The van der Waals surface area contributed by atoms with Crippen LogP contribution >= 0.6 is 15.9 Å². The summed E-state index contributed by atoms with van der Waals surface area (Å²) in [4.78, 5) is 26.5. The highest BCUT2D eigenvalue weighted by Gasteiger charge is 2.18. The zero-order valence-electron chi connectivity index (χ0n) is 13.9. The van der Waals surface area contributed by atoms with Crippen molar-refractivity contribution < 1.29 is 14.3 Å². The third-order valence-corrected chi connectivity index (χ3v) is 4.98. The number of morpholine rings is 1. The third kappa shape index (κ3) is 4.27. The molecular formula is C19H19BrN2O3. The minimum absolute atomic E-state index is 0.0105. The summed E-state index contributed by atoms with van der Waals surface area (Å²) >= 11 is 3.43. The molecule has 1 aliphatic heterocycles. The quantitative estimate of drug-likeness (QED) is 0.854. The third-order valence-electron chi connectivity index (χ3n) is 4.12. The summed E-state index contributed by atoms with van der Waals surface area (Å²) in [6, 6.07) is 12.4. The molecule has 3 rings (SSSR count). The molecule has 0 bridgehead atoms. The second-order valence-corrected chi connectivity index (χ2v) is 6.75. The van der Waals surface area contributed by atoms with E-state index in [1.54, 1.807) is 41.3 Å². The van der Waals surface area contributed by atoms with Gasteiger partial charge in [-0.15, -0.1) is 0 Å². The summed E-state index contributed by atoms with van der Waals surface area (Å²) in [5.41, 5.74) is 2.91. The van der Waals surface area contributed by atoms with E-state index in [-0.39, 0.29) is 11.8 Å². The number of rotatable bonds is 3. The largest absolute Gasteiger partial charge is 0.378 e. The molecule has 1 aliphatic rings. The molecule has 0 aliphatic carbocycles. The van der Waals surface area contributed by atoms with Gasteiger partial charge in [0, 0.05) is 34.4 Å². The molecule has 2 aromatic rings. The number of amides is 2. The van der Waals surface area contributed by atoms with Crippen LogP contribution < -0.4 is 5.32 Å². The van der Waals surface area contributed by atoms with Gasteiger partial charge in [0.2, 0.25) is 0 Å². The zero-order chi connectivity index (χ0) is 17.8. The number of hydrogen-bond donors (Lipinski definition) is 1. The highest BCUT2D eigenvalue weighted by atomic mass is 79.9. The number of carbonyl (C=O) groups excluding carboxylic acids is 2. The number of ether oxygens (including phenoxy) is 1. The lowest BCUT2D eigenvalue weighted by molar-refractivity contribution is 0.0303. The number of halogens is 1. The molecule has 0 radical (unpaired) electrons. The Bertz CT molecular complexity index is 784. The molecule has 0 saturated carbocycles. The molecule has 1 fully saturated rings. The predicted molar refractivity (Wildman–Crippen MR) is 100.0 cm³/mol. The topological polar surface area (TPSA) is 58.6 Å². The van der Waals surface area contributed by atoms with Gasteiger partial charge in [0.1, 0.15) is 0 Å². The van der Waals surface area contributed by atoms with Crippen molar-refractivity contribution in [3.63, 3.8) is 0 Å². The SMILES string of the molecule is Cc1ccc(C(=O)Nc2ccc(C(=O)N3CCOCC3)cc2)cc1Br. The Hall–Kier alpha value is -2.18. The van der Waals surface area contributed by atoms with Gasteiger partial charge in [-0.05, 0) is 48.9 Å². The van der Waals surface area contributed by atoms with E-state index in [0.717, 1.165) is 10.0 Å². The maximum Gasteiger partial charge on any atom is 0.255 e. The molecule has 6 heteroatoms. The van der Waals surface area contributed by atoms with Crippen LogP contribution in [0.1, 0.15) is 26.3 Å². The summed E-state index contributed by atoms with van der Waals surface area (Å²) in [6.45, 7) is 4.34. The fraction of sp³-hybridized carbons (Fsp3) is 0.263. The first-order chi connectivity index (χ1) is 12.0. The number of anilines is 1. The monoisotopic (exact) mass is 402 g/mol. The summed E-state index contributed by atoms with van der Waals surface area (Å²) in [5, 5.41) is 2.85. The summed E-state index contributed by atoms with van der Waals surface area (Å²) in [5.74, 6) is -0.198. The Labute approximate surface area is 155 Å². The minimum Gasteiger partial charge on any atom is -0.378 e. The van der Waals surface area contributed by atoms with Crippen LogP contribution in [0.5, 0.6) is 0 Å². The Morgan fingerprint density at radius 1 is 1.04 bits per heavy atom. The van der Waals surface area contributed by atoms with Crippen molar-refractivity contribution in [2.24, 2.45) is 0 Å². The minimum atomic E-state index is -0.187. The van der Waals surface area contributed by atoms with Gasteiger partial charge >= 0.3 is 0 Å². The predicted octanol–water partition coefficient (Wildman–Crippen LogP) is 3.48. The zero-order valence-corrected chi connectivity index (χ0v) is 15.5. The second-order valence-electron chi connectivity index (χ2n) is 5.90. The van der Waals surface area contributed by atoms with Crippen molar-refractivity contribution in [1.29, 1.82) is 0 Å². The van der Waals surface area contributed by atoms with Crippen molar-refractivity contribution in [3.8, 4) is 0 Å². The fourth-order valence-electron chi connectivity index (χ4n) is 2.58. The Morgan fingerprint density at radius 3 is 2.32 bits per heavy atom. The Balaban J connectivity index is 1.66. The van der Waals surface area contributed by atoms with Crippen molar-refractivity contribution in [1.82, 2.24) is 4.90 Å². The number of benzene rings is 2.